The number of hydrogen-bond acceptors (Lipinski definition) is 2. The number of carbonyl (C=O) groups is 1. The van der Waals surface area contributed by atoms with Gasteiger partial charge in [0.1, 0.15) is 0 Å². The molecule has 0 radical (unpaired) electrons. The first-order chi connectivity index (χ1) is 8.25. The zero-order valence-corrected chi connectivity index (χ0v) is 9.80. The quantitative estimate of drug-likeness (QED) is 0.768. The molecule has 1 amide bonds. The summed E-state index contributed by atoms with van der Waals surface area (Å²) in [4.78, 5) is 11.8. The largest absolute Gasteiger partial charge is 0.351 e. The van der Waals surface area contributed by atoms with Crippen LogP contribution in [0.3, 0.4) is 0 Å². The Morgan fingerprint density at radius 3 is 2.59 bits per heavy atom. The Labute approximate surface area is 102 Å². The predicted molar refractivity (Wildman–Crippen MR) is 68.4 cm³/mol. The number of benzene rings is 1. The number of rotatable bonds is 4. The molecule has 0 aliphatic heterocycles. The molecule has 1 unspecified atom stereocenters. The monoisotopic (exact) mass is 230 g/mol. The minimum absolute atomic E-state index is 0.0532. The predicted octanol–water partition coefficient (Wildman–Crippen LogP) is 1.39. The third kappa shape index (κ3) is 3.43. The maximum Gasteiger partial charge on any atom is 0.237 e. The lowest BCUT2D eigenvalue weighted by Gasteiger charge is -2.16. The SMILES string of the molecule is NC(Cc1ccccc1)C(=O)NC1CC=CC1. The van der Waals surface area contributed by atoms with Crippen molar-refractivity contribution in [1.82, 2.24) is 5.32 Å². The van der Waals surface area contributed by atoms with Gasteiger partial charge in [0.15, 0.2) is 0 Å². The van der Waals surface area contributed by atoms with Gasteiger partial charge in [-0.2, -0.15) is 0 Å². The highest BCUT2D eigenvalue weighted by atomic mass is 16.2. The molecule has 3 nitrogen and oxygen atoms in total. The van der Waals surface area contributed by atoms with Gasteiger partial charge < -0.3 is 11.1 Å². The molecule has 0 fully saturated rings. The smallest absolute Gasteiger partial charge is 0.237 e. The summed E-state index contributed by atoms with van der Waals surface area (Å²) in [7, 11) is 0. The third-order valence-electron chi connectivity index (χ3n) is 2.99. The highest BCUT2D eigenvalue weighted by Crippen LogP contribution is 2.09. The van der Waals surface area contributed by atoms with Gasteiger partial charge in [0.25, 0.3) is 0 Å². The van der Waals surface area contributed by atoms with E-state index in [0.29, 0.717) is 6.42 Å². The van der Waals surface area contributed by atoms with Crippen molar-refractivity contribution >= 4 is 5.91 Å². The number of nitrogens with two attached hydrogens (primary N) is 1. The van der Waals surface area contributed by atoms with E-state index in [-0.39, 0.29) is 11.9 Å². The fraction of sp³-hybridized carbons (Fsp3) is 0.357. The highest BCUT2D eigenvalue weighted by molar-refractivity contribution is 5.82. The lowest BCUT2D eigenvalue weighted by molar-refractivity contribution is -0.122. The number of nitrogens with one attached hydrogen (secondary N) is 1. The molecule has 0 spiro atoms. The molecule has 0 saturated heterocycles. The van der Waals surface area contributed by atoms with E-state index in [1.165, 1.54) is 0 Å². The number of amides is 1. The molecule has 0 heterocycles. The minimum Gasteiger partial charge on any atom is -0.351 e. The van der Waals surface area contributed by atoms with Crippen LogP contribution in [0.25, 0.3) is 0 Å². The van der Waals surface area contributed by atoms with Gasteiger partial charge >= 0.3 is 0 Å². The van der Waals surface area contributed by atoms with Crippen molar-refractivity contribution in [2.24, 2.45) is 5.73 Å². The van der Waals surface area contributed by atoms with Crippen LogP contribution in [0.4, 0.5) is 0 Å². The molecule has 1 aromatic carbocycles. The zero-order chi connectivity index (χ0) is 12.1. The van der Waals surface area contributed by atoms with E-state index in [9.17, 15) is 4.79 Å². The van der Waals surface area contributed by atoms with Gasteiger partial charge in [0, 0.05) is 6.04 Å². The van der Waals surface area contributed by atoms with E-state index < -0.39 is 6.04 Å². The molecular weight excluding hydrogens is 212 g/mol. The van der Waals surface area contributed by atoms with E-state index in [1.54, 1.807) is 0 Å². The normalized spacial score (nSPS) is 17.0. The average molecular weight is 230 g/mol. The molecule has 1 aliphatic carbocycles. The number of hydrogen-bond donors (Lipinski definition) is 2. The van der Waals surface area contributed by atoms with Crippen LogP contribution < -0.4 is 11.1 Å². The first-order valence-electron chi connectivity index (χ1n) is 6.00. The highest BCUT2D eigenvalue weighted by Gasteiger charge is 2.18. The van der Waals surface area contributed by atoms with Crippen LogP contribution in [0.5, 0.6) is 0 Å². The summed E-state index contributed by atoms with van der Waals surface area (Å²) in [5.41, 5.74) is 6.99. The molecule has 0 bridgehead atoms. The van der Waals surface area contributed by atoms with Crippen LogP contribution in [-0.4, -0.2) is 18.0 Å². The second-order valence-electron chi connectivity index (χ2n) is 4.44. The Hall–Kier alpha value is -1.61. The molecule has 1 atom stereocenters. The third-order valence-corrected chi connectivity index (χ3v) is 2.99. The fourth-order valence-electron chi connectivity index (χ4n) is 2.00. The molecule has 17 heavy (non-hydrogen) atoms. The van der Waals surface area contributed by atoms with Gasteiger partial charge in [0.2, 0.25) is 5.91 Å². The van der Waals surface area contributed by atoms with Gasteiger partial charge in [-0.3, -0.25) is 4.79 Å². The van der Waals surface area contributed by atoms with Crippen LogP contribution in [0.1, 0.15) is 18.4 Å². The van der Waals surface area contributed by atoms with Gasteiger partial charge in [-0.15, -0.1) is 0 Å². The topological polar surface area (TPSA) is 55.1 Å². The molecule has 2 rings (SSSR count). The maximum atomic E-state index is 11.8. The Morgan fingerprint density at radius 2 is 1.94 bits per heavy atom. The van der Waals surface area contributed by atoms with Crippen molar-refractivity contribution in [2.75, 3.05) is 0 Å². The molecule has 3 heteroatoms. The summed E-state index contributed by atoms with van der Waals surface area (Å²) in [5, 5.41) is 2.97. The lowest BCUT2D eigenvalue weighted by Crippen LogP contribution is -2.45. The molecular formula is C14H18N2O. The summed E-state index contributed by atoms with van der Waals surface area (Å²) in [5.74, 6) is -0.0532. The summed E-state index contributed by atoms with van der Waals surface area (Å²) >= 11 is 0. The van der Waals surface area contributed by atoms with Gasteiger partial charge in [0.05, 0.1) is 6.04 Å². The van der Waals surface area contributed by atoms with Crippen molar-refractivity contribution in [2.45, 2.75) is 31.3 Å². The first-order valence-corrected chi connectivity index (χ1v) is 6.00. The molecule has 90 valence electrons. The molecule has 1 aliphatic rings. The summed E-state index contributed by atoms with van der Waals surface area (Å²) in [6, 6.07) is 9.64. The van der Waals surface area contributed by atoms with Crippen molar-refractivity contribution in [1.29, 1.82) is 0 Å². The summed E-state index contributed by atoms with van der Waals surface area (Å²) in [6.07, 6.45) is 6.61. The summed E-state index contributed by atoms with van der Waals surface area (Å²) < 4.78 is 0. The van der Waals surface area contributed by atoms with Crippen LogP contribution >= 0.6 is 0 Å². The van der Waals surface area contributed by atoms with Crippen molar-refractivity contribution in [3.8, 4) is 0 Å². The Morgan fingerprint density at radius 1 is 1.29 bits per heavy atom. The molecule has 3 N–H and O–H groups in total. The Bertz CT molecular complexity index is 392. The summed E-state index contributed by atoms with van der Waals surface area (Å²) in [6.45, 7) is 0. The maximum absolute atomic E-state index is 11.8. The van der Waals surface area contributed by atoms with Crippen molar-refractivity contribution in [3.63, 3.8) is 0 Å². The van der Waals surface area contributed by atoms with Gasteiger partial charge in [-0.25, -0.2) is 0 Å². The second kappa shape index (κ2) is 5.64. The van der Waals surface area contributed by atoms with E-state index in [4.69, 9.17) is 5.73 Å². The zero-order valence-electron chi connectivity index (χ0n) is 9.80. The molecule has 1 aromatic rings. The second-order valence-corrected chi connectivity index (χ2v) is 4.44. The van der Waals surface area contributed by atoms with E-state index in [1.807, 2.05) is 30.3 Å². The number of carbonyl (C=O) groups excluding carboxylic acids is 1. The Kier molecular flexibility index (Phi) is 3.94. The van der Waals surface area contributed by atoms with Crippen LogP contribution in [0, 0.1) is 0 Å². The Balaban J connectivity index is 1.83. The average Bonchev–Trinajstić information content (AvgIpc) is 2.83. The van der Waals surface area contributed by atoms with Gasteiger partial charge in [-0.05, 0) is 24.8 Å². The van der Waals surface area contributed by atoms with E-state index in [2.05, 4.69) is 17.5 Å². The van der Waals surface area contributed by atoms with E-state index >= 15 is 0 Å². The van der Waals surface area contributed by atoms with Crippen molar-refractivity contribution in [3.05, 3.63) is 48.0 Å². The van der Waals surface area contributed by atoms with Crippen LogP contribution in [0.2, 0.25) is 0 Å². The van der Waals surface area contributed by atoms with Gasteiger partial charge in [-0.1, -0.05) is 42.5 Å². The minimum atomic E-state index is -0.460. The molecule has 0 aromatic heterocycles. The van der Waals surface area contributed by atoms with Crippen LogP contribution in [0.15, 0.2) is 42.5 Å². The van der Waals surface area contributed by atoms with E-state index in [0.717, 1.165) is 18.4 Å². The standard InChI is InChI=1S/C14H18N2O/c15-13(10-11-6-2-1-3-7-11)14(17)16-12-8-4-5-9-12/h1-7,12-13H,8-10,15H2,(H,16,17). The first kappa shape index (κ1) is 11.9. The van der Waals surface area contributed by atoms with Crippen molar-refractivity contribution < 1.29 is 4.79 Å². The lowest BCUT2D eigenvalue weighted by atomic mass is 10.1. The fourth-order valence-corrected chi connectivity index (χ4v) is 2.00. The molecule has 0 saturated carbocycles. The van der Waals surface area contributed by atoms with Crippen LogP contribution in [-0.2, 0) is 11.2 Å².